The van der Waals surface area contributed by atoms with E-state index in [1.54, 1.807) is 0 Å². The number of aromatic nitrogens is 2. The Labute approximate surface area is 104 Å². The fourth-order valence-corrected chi connectivity index (χ4v) is 2.18. The predicted molar refractivity (Wildman–Crippen MR) is 70.4 cm³/mol. The fourth-order valence-electron chi connectivity index (χ4n) is 2.18. The average Bonchev–Trinajstić information content (AvgIpc) is 2.40. The van der Waals surface area contributed by atoms with Gasteiger partial charge in [0.15, 0.2) is 0 Å². The first-order valence-electron chi connectivity index (χ1n) is 6.61. The molecule has 1 aromatic rings. The summed E-state index contributed by atoms with van der Waals surface area (Å²) in [5, 5.41) is 0. The molecule has 1 fully saturated rings. The molecular formula is C13H22N4. The van der Waals surface area contributed by atoms with Crippen molar-refractivity contribution in [3.63, 3.8) is 0 Å². The van der Waals surface area contributed by atoms with Gasteiger partial charge >= 0.3 is 0 Å². The molecule has 94 valence electrons. The molecule has 0 aliphatic carbocycles. The lowest BCUT2D eigenvalue weighted by atomic mass is 10.3. The number of piperazine rings is 1. The molecule has 0 aromatic carbocycles. The molecule has 1 saturated heterocycles. The van der Waals surface area contributed by atoms with Crippen LogP contribution in [0.25, 0.3) is 0 Å². The summed E-state index contributed by atoms with van der Waals surface area (Å²) in [6.45, 7) is 9.93. The van der Waals surface area contributed by atoms with Crippen molar-refractivity contribution < 1.29 is 0 Å². The quantitative estimate of drug-likeness (QED) is 0.791. The van der Waals surface area contributed by atoms with Gasteiger partial charge in [0.1, 0.15) is 0 Å². The van der Waals surface area contributed by atoms with Crippen molar-refractivity contribution in [2.24, 2.45) is 0 Å². The maximum Gasteiger partial charge on any atom is 0.225 e. The molecule has 0 unspecified atom stereocenters. The summed E-state index contributed by atoms with van der Waals surface area (Å²) in [4.78, 5) is 13.7. The lowest BCUT2D eigenvalue weighted by Crippen LogP contribution is -2.47. The van der Waals surface area contributed by atoms with Crippen molar-refractivity contribution in [2.45, 2.75) is 26.7 Å². The zero-order valence-electron chi connectivity index (χ0n) is 10.9. The minimum absolute atomic E-state index is 0.887. The third-order valence-corrected chi connectivity index (χ3v) is 3.29. The van der Waals surface area contributed by atoms with Gasteiger partial charge in [0.2, 0.25) is 5.95 Å². The molecule has 0 saturated carbocycles. The Balaban J connectivity index is 1.91. The van der Waals surface area contributed by atoms with E-state index in [2.05, 4.69) is 33.6 Å². The molecule has 0 amide bonds. The van der Waals surface area contributed by atoms with Gasteiger partial charge in [0.05, 0.1) is 0 Å². The predicted octanol–water partition coefficient (Wildman–Crippen LogP) is 1.57. The first-order chi connectivity index (χ1) is 8.33. The first kappa shape index (κ1) is 12.3. The summed E-state index contributed by atoms with van der Waals surface area (Å²) >= 11 is 0. The molecule has 1 aromatic heterocycles. The van der Waals surface area contributed by atoms with Gasteiger partial charge in [-0.05, 0) is 24.9 Å². The van der Waals surface area contributed by atoms with Crippen molar-refractivity contribution in [2.75, 3.05) is 37.6 Å². The molecular weight excluding hydrogens is 212 g/mol. The second-order valence-corrected chi connectivity index (χ2v) is 4.57. The van der Waals surface area contributed by atoms with Crippen molar-refractivity contribution >= 4 is 5.95 Å². The fraction of sp³-hybridized carbons (Fsp3) is 0.692. The molecule has 0 spiro atoms. The zero-order chi connectivity index (χ0) is 12.1. The molecule has 0 radical (unpaired) electrons. The number of hydrogen-bond acceptors (Lipinski definition) is 4. The van der Waals surface area contributed by atoms with Crippen LogP contribution in [0.5, 0.6) is 0 Å². The summed E-state index contributed by atoms with van der Waals surface area (Å²) in [5.41, 5.74) is 1.21. The largest absolute Gasteiger partial charge is 0.338 e. The molecule has 2 rings (SSSR count). The van der Waals surface area contributed by atoms with E-state index in [9.17, 15) is 0 Å². The van der Waals surface area contributed by atoms with E-state index in [1.807, 2.05) is 12.4 Å². The van der Waals surface area contributed by atoms with Crippen molar-refractivity contribution in [3.8, 4) is 0 Å². The third kappa shape index (κ3) is 3.16. The highest BCUT2D eigenvalue weighted by atomic mass is 15.3. The molecule has 1 aliphatic heterocycles. The van der Waals surface area contributed by atoms with Crippen LogP contribution in [0.2, 0.25) is 0 Å². The smallest absolute Gasteiger partial charge is 0.225 e. The standard InChI is InChI=1S/C13H22N4/c1-3-5-16-6-8-17(9-7-16)13-14-10-12(4-2)11-15-13/h10-11H,3-9H2,1-2H3. The van der Waals surface area contributed by atoms with Gasteiger partial charge in [-0.1, -0.05) is 13.8 Å². The van der Waals surface area contributed by atoms with E-state index in [0.29, 0.717) is 0 Å². The van der Waals surface area contributed by atoms with Crippen LogP contribution in [-0.2, 0) is 6.42 Å². The van der Waals surface area contributed by atoms with Crippen molar-refractivity contribution in [1.29, 1.82) is 0 Å². The number of hydrogen-bond donors (Lipinski definition) is 0. The van der Waals surface area contributed by atoms with Crippen LogP contribution < -0.4 is 4.90 Å². The summed E-state index contributed by atoms with van der Waals surface area (Å²) in [6, 6.07) is 0. The molecule has 1 aliphatic rings. The summed E-state index contributed by atoms with van der Waals surface area (Å²) in [6.07, 6.45) is 6.13. The average molecular weight is 234 g/mol. The van der Waals surface area contributed by atoms with E-state index in [1.165, 1.54) is 18.5 Å². The van der Waals surface area contributed by atoms with Gasteiger partial charge in [-0.25, -0.2) is 9.97 Å². The lowest BCUT2D eigenvalue weighted by Gasteiger charge is -2.34. The van der Waals surface area contributed by atoms with Crippen LogP contribution in [0.15, 0.2) is 12.4 Å². The van der Waals surface area contributed by atoms with E-state index in [4.69, 9.17) is 0 Å². The van der Waals surface area contributed by atoms with Crippen LogP contribution in [-0.4, -0.2) is 47.6 Å². The van der Waals surface area contributed by atoms with Crippen molar-refractivity contribution in [1.82, 2.24) is 14.9 Å². The number of aryl methyl sites for hydroxylation is 1. The van der Waals surface area contributed by atoms with Crippen molar-refractivity contribution in [3.05, 3.63) is 18.0 Å². The Morgan fingerprint density at radius 1 is 1.06 bits per heavy atom. The maximum absolute atomic E-state index is 4.44. The van der Waals surface area contributed by atoms with Crippen LogP contribution in [0.4, 0.5) is 5.95 Å². The number of nitrogens with zero attached hydrogens (tertiary/aromatic N) is 4. The Morgan fingerprint density at radius 3 is 2.24 bits per heavy atom. The van der Waals surface area contributed by atoms with Gasteiger partial charge in [-0.15, -0.1) is 0 Å². The SMILES string of the molecule is CCCN1CCN(c2ncc(CC)cn2)CC1. The van der Waals surface area contributed by atoms with Gasteiger partial charge < -0.3 is 4.90 Å². The van der Waals surface area contributed by atoms with Crippen LogP contribution in [0.1, 0.15) is 25.8 Å². The number of rotatable bonds is 4. The second kappa shape index (κ2) is 5.96. The molecule has 0 N–H and O–H groups in total. The van der Waals surface area contributed by atoms with Crippen LogP contribution in [0.3, 0.4) is 0 Å². The molecule has 0 bridgehead atoms. The van der Waals surface area contributed by atoms with Crippen LogP contribution >= 0.6 is 0 Å². The van der Waals surface area contributed by atoms with E-state index < -0.39 is 0 Å². The zero-order valence-corrected chi connectivity index (χ0v) is 10.9. The molecule has 4 heteroatoms. The van der Waals surface area contributed by atoms with Gasteiger partial charge in [-0.3, -0.25) is 4.90 Å². The lowest BCUT2D eigenvalue weighted by molar-refractivity contribution is 0.257. The topological polar surface area (TPSA) is 32.3 Å². The minimum atomic E-state index is 0.887. The third-order valence-electron chi connectivity index (χ3n) is 3.29. The van der Waals surface area contributed by atoms with E-state index in [-0.39, 0.29) is 0 Å². The molecule has 4 nitrogen and oxygen atoms in total. The first-order valence-corrected chi connectivity index (χ1v) is 6.61. The summed E-state index contributed by atoms with van der Waals surface area (Å²) < 4.78 is 0. The normalized spacial score (nSPS) is 17.4. The Hall–Kier alpha value is -1.16. The maximum atomic E-state index is 4.44. The van der Waals surface area contributed by atoms with Crippen LogP contribution in [0, 0.1) is 0 Å². The highest BCUT2D eigenvalue weighted by Crippen LogP contribution is 2.11. The van der Waals surface area contributed by atoms with E-state index >= 15 is 0 Å². The van der Waals surface area contributed by atoms with Gasteiger partial charge in [0.25, 0.3) is 0 Å². The monoisotopic (exact) mass is 234 g/mol. The highest BCUT2D eigenvalue weighted by Gasteiger charge is 2.17. The number of anilines is 1. The molecule has 17 heavy (non-hydrogen) atoms. The Morgan fingerprint density at radius 2 is 1.71 bits per heavy atom. The Kier molecular flexibility index (Phi) is 4.31. The molecule has 2 heterocycles. The van der Waals surface area contributed by atoms with Gasteiger partial charge in [0, 0.05) is 38.6 Å². The second-order valence-electron chi connectivity index (χ2n) is 4.57. The molecule has 0 atom stereocenters. The Bertz CT molecular complexity index is 328. The minimum Gasteiger partial charge on any atom is -0.338 e. The van der Waals surface area contributed by atoms with E-state index in [0.717, 1.165) is 38.5 Å². The van der Waals surface area contributed by atoms with Gasteiger partial charge in [-0.2, -0.15) is 0 Å². The summed E-state index contributed by atoms with van der Waals surface area (Å²) in [5.74, 6) is 0.887. The highest BCUT2D eigenvalue weighted by molar-refractivity contribution is 5.30. The summed E-state index contributed by atoms with van der Waals surface area (Å²) in [7, 11) is 0.